The minimum atomic E-state index is -0.396. The van der Waals surface area contributed by atoms with Crippen LogP contribution in [0.1, 0.15) is 36.8 Å². The Morgan fingerprint density at radius 2 is 2.03 bits per heavy atom. The van der Waals surface area contributed by atoms with Crippen LogP contribution in [0, 0.1) is 0 Å². The van der Waals surface area contributed by atoms with E-state index in [1.807, 2.05) is 49.6 Å². The highest BCUT2D eigenvalue weighted by atomic mass is 32.1. The zero-order valence-corrected chi connectivity index (χ0v) is 21.1. The van der Waals surface area contributed by atoms with E-state index >= 15 is 0 Å². The number of urea groups is 1. The number of carbonyl (C=O) groups excluding carboxylic acids is 2. The van der Waals surface area contributed by atoms with E-state index < -0.39 is 6.04 Å². The quantitative estimate of drug-likeness (QED) is 0.553. The molecule has 1 aromatic carbocycles. The molecular formula is C24H32N4O5S. The molecule has 1 N–H and O–H groups in total. The summed E-state index contributed by atoms with van der Waals surface area (Å²) >= 11 is 1.57. The minimum absolute atomic E-state index is 0.0586. The molecule has 0 bridgehead atoms. The van der Waals surface area contributed by atoms with Gasteiger partial charge in [-0.15, -0.1) is 11.3 Å². The molecule has 3 rings (SSSR count). The third-order valence-electron chi connectivity index (χ3n) is 5.36. The summed E-state index contributed by atoms with van der Waals surface area (Å²) in [6.07, 6.45) is 0.520. The van der Waals surface area contributed by atoms with Crippen molar-refractivity contribution < 1.29 is 23.8 Å². The molecule has 1 aliphatic rings. The van der Waals surface area contributed by atoms with Crippen LogP contribution in [0.25, 0.3) is 0 Å². The Kier molecular flexibility index (Phi) is 8.89. The molecule has 10 heteroatoms. The van der Waals surface area contributed by atoms with Gasteiger partial charge in [-0.1, -0.05) is 6.07 Å². The Hall–Kier alpha value is -3.11. The summed E-state index contributed by atoms with van der Waals surface area (Å²) in [4.78, 5) is 28.7. The molecule has 3 amide bonds. The van der Waals surface area contributed by atoms with Crippen molar-refractivity contribution >= 4 is 29.0 Å². The second-order valence-electron chi connectivity index (χ2n) is 8.11. The molecule has 0 radical (unpaired) electrons. The molecule has 0 fully saturated rings. The number of hydrazone groups is 1. The van der Waals surface area contributed by atoms with Crippen molar-refractivity contribution in [2.24, 2.45) is 5.10 Å². The van der Waals surface area contributed by atoms with E-state index in [1.54, 1.807) is 32.7 Å². The van der Waals surface area contributed by atoms with Gasteiger partial charge >= 0.3 is 6.03 Å². The van der Waals surface area contributed by atoms with Crippen LogP contribution in [0.2, 0.25) is 0 Å². The maximum Gasteiger partial charge on any atom is 0.318 e. The van der Waals surface area contributed by atoms with Crippen LogP contribution in [0.15, 0.2) is 40.8 Å². The molecular weight excluding hydrogens is 456 g/mol. The van der Waals surface area contributed by atoms with Gasteiger partial charge in [-0.3, -0.25) is 4.79 Å². The normalized spacial score (nSPS) is 15.3. The highest BCUT2D eigenvalue weighted by Gasteiger charge is 2.36. The fourth-order valence-electron chi connectivity index (χ4n) is 3.70. The number of hydrogen-bond donors (Lipinski definition) is 1. The lowest BCUT2D eigenvalue weighted by Crippen LogP contribution is -2.48. The van der Waals surface area contributed by atoms with Crippen LogP contribution in [0.3, 0.4) is 0 Å². The molecule has 0 aliphatic carbocycles. The minimum Gasteiger partial charge on any atom is -0.497 e. The third-order valence-corrected chi connectivity index (χ3v) is 6.28. The smallest absolute Gasteiger partial charge is 0.318 e. The van der Waals surface area contributed by atoms with Crippen LogP contribution in [-0.2, 0) is 9.53 Å². The average Bonchev–Trinajstić information content (AvgIpc) is 3.50. The van der Waals surface area contributed by atoms with Crippen molar-refractivity contribution in [1.82, 2.24) is 15.2 Å². The van der Waals surface area contributed by atoms with E-state index in [-0.39, 0.29) is 31.1 Å². The van der Waals surface area contributed by atoms with E-state index in [0.29, 0.717) is 24.5 Å². The summed E-state index contributed by atoms with van der Waals surface area (Å²) < 4.78 is 16.2. The van der Waals surface area contributed by atoms with E-state index in [2.05, 4.69) is 5.32 Å². The number of ether oxygens (including phenoxy) is 3. The lowest BCUT2D eigenvalue weighted by molar-refractivity contribution is -0.133. The van der Waals surface area contributed by atoms with E-state index in [9.17, 15) is 9.59 Å². The van der Waals surface area contributed by atoms with Gasteiger partial charge in [0.1, 0.15) is 18.0 Å². The summed E-state index contributed by atoms with van der Waals surface area (Å²) in [6, 6.07) is 8.66. The Morgan fingerprint density at radius 1 is 1.24 bits per heavy atom. The number of hydrogen-bond acceptors (Lipinski definition) is 7. The van der Waals surface area contributed by atoms with Crippen molar-refractivity contribution in [3.05, 3.63) is 46.2 Å². The number of rotatable bonds is 10. The number of methoxy groups -OCH3 is 3. The molecule has 1 atom stereocenters. The molecule has 0 saturated carbocycles. The molecule has 0 spiro atoms. The lowest BCUT2D eigenvalue weighted by Gasteiger charge is -2.28. The van der Waals surface area contributed by atoms with Gasteiger partial charge in [-0.2, -0.15) is 5.10 Å². The van der Waals surface area contributed by atoms with E-state index in [0.717, 1.165) is 16.2 Å². The molecule has 2 heterocycles. The van der Waals surface area contributed by atoms with Crippen LogP contribution >= 0.6 is 11.3 Å². The molecule has 0 saturated heterocycles. The zero-order valence-electron chi connectivity index (χ0n) is 20.2. The molecule has 9 nitrogen and oxygen atoms in total. The SMILES string of the molecule is COCCN(CC(=O)N1N=C(c2cccs2)CC1c1cc(OC)ccc1OC)C(=O)NC(C)C. The van der Waals surface area contributed by atoms with Gasteiger partial charge in [0.25, 0.3) is 5.91 Å². The highest BCUT2D eigenvalue weighted by Crippen LogP contribution is 2.39. The van der Waals surface area contributed by atoms with Crippen LogP contribution in [0.4, 0.5) is 4.79 Å². The van der Waals surface area contributed by atoms with Crippen molar-refractivity contribution in [3.8, 4) is 11.5 Å². The van der Waals surface area contributed by atoms with Gasteiger partial charge in [0.05, 0.1) is 37.5 Å². The molecule has 34 heavy (non-hydrogen) atoms. The van der Waals surface area contributed by atoms with Gasteiger partial charge < -0.3 is 24.4 Å². The molecule has 1 aromatic heterocycles. The van der Waals surface area contributed by atoms with Crippen molar-refractivity contribution in [2.75, 3.05) is 41.0 Å². The van der Waals surface area contributed by atoms with E-state index in [1.165, 1.54) is 9.91 Å². The molecule has 1 aliphatic heterocycles. The third kappa shape index (κ3) is 6.06. The van der Waals surface area contributed by atoms with Crippen molar-refractivity contribution in [1.29, 1.82) is 0 Å². The second kappa shape index (κ2) is 11.8. The van der Waals surface area contributed by atoms with Crippen molar-refractivity contribution in [2.45, 2.75) is 32.4 Å². The maximum absolute atomic E-state index is 13.5. The first-order chi connectivity index (χ1) is 16.4. The van der Waals surface area contributed by atoms with Gasteiger partial charge in [0.15, 0.2) is 0 Å². The number of carbonyl (C=O) groups is 2. The molecule has 2 aromatic rings. The van der Waals surface area contributed by atoms with Crippen LogP contribution < -0.4 is 14.8 Å². The summed E-state index contributed by atoms with van der Waals surface area (Å²) in [5, 5.41) is 11.0. The lowest BCUT2D eigenvalue weighted by atomic mass is 9.99. The number of amides is 3. The standard InChI is InChI=1S/C24H32N4O5S/c1-16(2)25-24(30)27(10-11-31-3)15-23(29)28-20(14-19(26-28)22-7-6-12-34-22)18-13-17(32-4)8-9-21(18)33-5/h6-9,12-13,16,20H,10-11,14-15H2,1-5H3,(H,25,30). The maximum atomic E-state index is 13.5. The summed E-state index contributed by atoms with van der Waals surface area (Å²) in [5.41, 5.74) is 1.61. The summed E-state index contributed by atoms with van der Waals surface area (Å²) in [6.45, 7) is 4.21. The van der Waals surface area contributed by atoms with Gasteiger partial charge in [0.2, 0.25) is 0 Å². The Balaban J connectivity index is 1.93. The zero-order chi connectivity index (χ0) is 24.7. The van der Waals surface area contributed by atoms with Gasteiger partial charge in [0, 0.05) is 31.7 Å². The number of thiophene rings is 1. The molecule has 184 valence electrons. The van der Waals surface area contributed by atoms with Crippen molar-refractivity contribution in [3.63, 3.8) is 0 Å². The topological polar surface area (TPSA) is 92.7 Å². The fourth-order valence-corrected chi connectivity index (χ4v) is 4.42. The second-order valence-corrected chi connectivity index (χ2v) is 9.06. The number of benzene rings is 1. The predicted octanol–water partition coefficient (Wildman–Crippen LogP) is 3.51. The van der Waals surface area contributed by atoms with Gasteiger partial charge in [-0.25, -0.2) is 9.80 Å². The Bertz CT molecular complexity index is 1010. The average molecular weight is 489 g/mol. The predicted molar refractivity (Wildman–Crippen MR) is 132 cm³/mol. The largest absolute Gasteiger partial charge is 0.497 e. The van der Waals surface area contributed by atoms with Crippen LogP contribution in [0.5, 0.6) is 11.5 Å². The first kappa shape index (κ1) is 25.5. The Labute approximate surface area is 204 Å². The molecule has 1 unspecified atom stereocenters. The van der Waals surface area contributed by atoms with E-state index in [4.69, 9.17) is 19.3 Å². The Morgan fingerprint density at radius 3 is 2.65 bits per heavy atom. The number of nitrogens with zero attached hydrogens (tertiary/aromatic N) is 3. The summed E-state index contributed by atoms with van der Waals surface area (Å²) in [5.74, 6) is 1.00. The summed E-state index contributed by atoms with van der Waals surface area (Å²) in [7, 11) is 4.75. The first-order valence-corrected chi connectivity index (χ1v) is 12.0. The highest BCUT2D eigenvalue weighted by molar-refractivity contribution is 7.12. The monoisotopic (exact) mass is 488 g/mol. The number of nitrogens with one attached hydrogen (secondary N) is 1. The first-order valence-electron chi connectivity index (χ1n) is 11.1. The fraction of sp³-hybridized carbons (Fsp3) is 0.458. The van der Waals surface area contributed by atoms with Gasteiger partial charge in [-0.05, 0) is 43.5 Å². The van der Waals surface area contributed by atoms with Crippen LogP contribution in [-0.4, -0.2) is 74.6 Å².